The molecule has 0 fully saturated rings. The standard InChI is InChI=1S/C21H19F3N2O2/c1-2-3-11-28-19-13-17(16-9-4-5-10-18(16)26-19)20(27)25-15-8-6-7-14(12-15)21(22,23)24/h4-10,12-13H,2-3,11H2,1H3,(H,25,27). The first-order valence-electron chi connectivity index (χ1n) is 8.89. The summed E-state index contributed by atoms with van der Waals surface area (Å²) in [4.78, 5) is 17.2. The lowest BCUT2D eigenvalue weighted by Crippen LogP contribution is -2.14. The van der Waals surface area contributed by atoms with Gasteiger partial charge in [-0.3, -0.25) is 4.79 Å². The van der Waals surface area contributed by atoms with Crippen LogP contribution in [0.15, 0.2) is 54.6 Å². The number of pyridine rings is 1. The molecule has 1 heterocycles. The number of amides is 1. The number of hydrogen-bond donors (Lipinski definition) is 1. The molecule has 4 nitrogen and oxygen atoms in total. The second-order valence-electron chi connectivity index (χ2n) is 6.26. The number of benzene rings is 2. The summed E-state index contributed by atoms with van der Waals surface area (Å²) >= 11 is 0. The third kappa shape index (κ3) is 4.60. The number of carbonyl (C=O) groups excluding carboxylic acids is 1. The predicted molar refractivity (Wildman–Crippen MR) is 102 cm³/mol. The van der Waals surface area contributed by atoms with Crippen LogP contribution in [-0.4, -0.2) is 17.5 Å². The van der Waals surface area contributed by atoms with Gasteiger partial charge < -0.3 is 10.1 Å². The Morgan fingerprint density at radius 3 is 2.64 bits per heavy atom. The third-order valence-electron chi connectivity index (χ3n) is 4.13. The number of rotatable bonds is 6. The van der Waals surface area contributed by atoms with Crippen LogP contribution in [0.3, 0.4) is 0 Å². The molecule has 0 aliphatic rings. The van der Waals surface area contributed by atoms with E-state index in [-0.39, 0.29) is 11.3 Å². The Kier molecular flexibility index (Phi) is 5.82. The fraction of sp³-hybridized carbons (Fsp3) is 0.238. The minimum absolute atomic E-state index is 0.0640. The number of aromatic nitrogens is 1. The fourth-order valence-corrected chi connectivity index (χ4v) is 2.71. The number of halogens is 3. The van der Waals surface area contributed by atoms with Crippen LogP contribution in [0.25, 0.3) is 10.9 Å². The van der Waals surface area contributed by atoms with Crippen LogP contribution >= 0.6 is 0 Å². The second-order valence-corrected chi connectivity index (χ2v) is 6.26. The van der Waals surface area contributed by atoms with Gasteiger partial charge in [-0.1, -0.05) is 37.6 Å². The second kappa shape index (κ2) is 8.29. The van der Waals surface area contributed by atoms with Gasteiger partial charge in [0.05, 0.1) is 23.3 Å². The van der Waals surface area contributed by atoms with Crippen molar-refractivity contribution < 1.29 is 22.7 Å². The molecule has 1 amide bonds. The highest BCUT2D eigenvalue weighted by molar-refractivity contribution is 6.12. The zero-order valence-electron chi connectivity index (χ0n) is 15.2. The smallest absolute Gasteiger partial charge is 0.416 e. The van der Waals surface area contributed by atoms with E-state index in [2.05, 4.69) is 10.3 Å². The Bertz CT molecular complexity index is 987. The van der Waals surface area contributed by atoms with Crippen molar-refractivity contribution in [3.05, 3.63) is 65.7 Å². The topological polar surface area (TPSA) is 51.2 Å². The summed E-state index contributed by atoms with van der Waals surface area (Å²) in [5.74, 6) is -0.223. The molecule has 7 heteroatoms. The Labute approximate surface area is 160 Å². The minimum Gasteiger partial charge on any atom is -0.478 e. The Balaban J connectivity index is 1.92. The first kappa shape index (κ1) is 19.7. The van der Waals surface area contributed by atoms with Crippen molar-refractivity contribution in [2.75, 3.05) is 11.9 Å². The largest absolute Gasteiger partial charge is 0.478 e. The lowest BCUT2D eigenvalue weighted by Gasteiger charge is -2.12. The highest BCUT2D eigenvalue weighted by Gasteiger charge is 2.30. The van der Waals surface area contributed by atoms with E-state index in [0.717, 1.165) is 25.0 Å². The van der Waals surface area contributed by atoms with E-state index in [1.165, 1.54) is 18.2 Å². The van der Waals surface area contributed by atoms with Gasteiger partial charge >= 0.3 is 6.18 Å². The molecule has 2 aromatic carbocycles. The van der Waals surface area contributed by atoms with E-state index >= 15 is 0 Å². The van der Waals surface area contributed by atoms with Crippen molar-refractivity contribution in [2.45, 2.75) is 25.9 Å². The average Bonchev–Trinajstić information content (AvgIpc) is 2.67. The van der Waals surface area contributed by atoms with Crippen LogP contribution in [0.1, 0.15) is 35.7 Å². The van der Waals surface area contributed by atoms with Crippen LogP contribution in [-0.2, 0) is 6.18 Å². The molecule has 0 saturated heterocycles. The van der Waals surface area contributed by atoms with Crippen LogP contribution in [0, 0.1) is 0 Å². The third-order valence-corrected chi connectivity index (χ3v) is 4.13. The minimum atomic E-state index is -4.48. The van der Waals surface area contributed by atoms with E-state index in [1.54, 1.807) is 24.3 Å². The van der Waals surface area contributed by atoms with E-state index < -0.39 is 17.6 Å². The van der Waals surface area contributed by atoms with Gasteiger partial charge in [-0.15, -0.1) is 0 Å². The fourth-order valence-electron chi connectivity index (χ4n) is 2.71. The van der Waals surface area contributed by atoms with Crippen LogP contribution in [0.2, 0.25) is 0 Å². The van der Waals surface area contributed by atoms with Crippen molar-refractivity contribution in [3.8, 4) is 5.88 Å². The summed E-state index contributed by atoms with van der Waals surface area (Å²) in [6, 6.07) is 13.1. The van der Waals surface area contributed by atoms with Gasteiger partial charge in [-0.05, 0) is 30.7 Å². The molecule has 0 aliphatic heterocycles. The lowest BCUT2D eigenvalue weighted by atomic mass is 10.1. The van der Waals surface area contributed by atoms with Crippen molar-refractivity contribution in [1.82, 2.24) is 4.98 Å². The van der Waals surface area contributed by atoms with Crippen molar-refractivity contribution >= 4 is 22.5 Å². The molecule has 28 heavy (non-hydrogen) atoms. The summed E-state index contributed by atoms with van der Waals surface area (Å²) in [5, 5.41) is 3.13. The maximum absolute atomic E-state index is 12.9. The number of fused-ring (bicyclic) bond motifs is 1. The van der Waals surface area contributed by atoms with Crippen LogP contribution < -0.4 is 10.1 Å². The molecule has 3 rings (SSSR count). The summed E-state index contributed by atoms with van der Waals surface area (Å²) in [5.41, 5.74) is 0.0999. The van der Waals surface area contributed by atoms with Crippen molar-refractivity contribution in [1.29, 1.82) is 0 Å². The highest BCUT2D eigenvalue weighted by Crippen LogP contribution is 2.31. The Morgan fingerprint density at radius 1 is 1.11 bits per heavy atom. The number of hydrogen-bond acceptors (Lipinski definition) is 3. The molecule has 0 unspecified atom stereocenters. The molecule has 3 aromatic rings. The number of ether oxygens (including phenoxy) is 1. The first-order valence-corrected chi connectivity index (χ1v) is 8.89. The molecule has 0 spiro atoms. The van der Waals surface area contributed by atoms with Crippen LogP contribution in [0.5, 0.6) is 5.88 Å². The number of anilines is 1. The highest BCUT2D eigenvalue weighted by atomic mass is 19.4. The van der Waals surface area contributed by atoms with Gasteiger partial charge in [0.2, 0.25) is 5.88 Å². The number of nitrogens with one attached hydrogen (secondary N) is 1. The molecule has 1 N–H and O–H groups in total. The molecule has 1 aromatic heterocycles. The SMILES string of the molecule is CCCCOc1cc(C(=O)Nc2cccc(C(F)(F)F)c2)c2ccccc2n1. The molecule has 146 valence electrons. The predicted octanol–water partition coefficient (Wildman–Crippen LogP) is 5.68. The number of unbranched alkanes of at least 4 members (excludes halogenated alkanes) is 1. The summed E-state index contributed by atoms with van der Waals surface area (Å²) in [6.45, 7) is 2.50. The van der Waals surface area contributed by atoms with Gasteiger partial charge in [-0.25, -0.2) is 4.98 Å². The van der Waals surface area contributed by atoms with Crippen molar-refractivity contribution in [2.24, 2.45) is 0 Å². The maximum atomic E-state index is 12.9. The average molecular weight is 388 g/mol. The first-order chi connectivity index (χ1) is 13.4. The zero-order valence-corrected chi connectivity index (χ0v) is 15.2. The number of para-hydroxylation sites is 1. The van der Waals surface area contributed by atoms with Crippen LogP contribution in [0.4, 0.5) is 18.9 Å². The molecule has 0 aliphatic carbocycles. The van der Waals surface area contributed by atoms with Crippen molar-refractivity contribution in [3.63, 3.8) is 0 Å². The summed E-state index contributed by atoms with van der Waals surface area (Å²) in [6.07, 6.45) is -2.68. The summed E-state index contributed by atoms with van der Waals surface area (Å²) in [7, 11) is 0. The van der Waals surface area contributed by atoms with E-state index in [1.807, 2.05) is 6.92 Å². The van der Waals surface area contributed by atoms with Gasteiger partial charge in [0.1, 0.15) is 0 Å². The number of alkyl halides is 3. The van der Waals surface area contributed by atoms with E-state index in [4.69, 9.17) is 4.74 Å². The Hall–Kier alpha value is -3.09. The van der Waals surface area contributed by atoms with Gasteiger partial charge in [0.15, 0.2) is 0 Å². The monoisotopic (exact) mass is 388 g/mol. The van der Waals surface area contributed by atoms with Gasteiger partial charge in [0, 0.05) is 17.1 Å². The number of nitrogens with zero attached hydrogens (tertiary/aromatic N) is 1. The van der Waals surface area contributed by atoms with Gasteiger partial charge in [0.25, 0.3) is 5.91 Å². The molecular formula is C21H19F3N2O2. The zero-order chi connectivity index (χ0) is 20.1. The molecular weight excluding hydrogens is 369 g/mol. The van der Waals surface area contributed by atoms with E-state index in [9.17, 15) is 18.0 Å². The molecule has 0 radical (unpaired) electrons. The number of carbonyl (C=O) groups is 1. The normalized spacial score (nSPS) is 11.4. The quantitative estimate of drug-likeness (QED) is 0.553. The molecule has 0 saturated carbocycles. The Morgan fingerprint density at radius 2 is 1.89 bits per heavy atom. The molecule has 0 bridgehead atoms. The maximum Gasteiger partial charge on any atom is 0.416 e. The lowest BCUT2D eigenvalue weighted by molar-refractivity contribution is -0.137. The van der Waals surface area contributed by atoms with Gasteiger partial charge in [-0.2, -0.15) is 13.2 Å². The van der Waals surface area contributed by atoms with E-state index in [0.29, 0.717) is 23.4 Å². The summed E-state index contributed by atoms with van der Waals surface area (Å²) < 4.78 is 44.3. The molecule has 0 atom stereocenters.